The minimum absolute atomic E-state index is 0.232. The van der Waals surface area contributed by atoms with Crippen molar-refractivity contribution < 1.29 is 9.59 Å². The van der Waals surface area contributed by atoms with Crippen molar-refractivity contribution in [1.82, 2.24) is 10.6 Å². The molecular formula is C20H21N3O2. The molecule has 3 amide bonds. The topological polar surface area (TPSA) is 70.2 Å². The molecule has 3 rings (SSSR count). The van der Waals surface area contributed by atoms with Crippen LogP contribution < -0.4 is 16.0 Å². The third-order valence-electron chi connectivity index (χ3n) is 4.32. The summed E-state index contributed by atoms with van der Waals surface area (Å²) < 4.78 is 0. The van der Waals surface area contributed by atoms with Gasteiger partial charge in [-0.05, 0) is 38.0 Å². The highest BCUT2D eigenvalue weighted by Gasteiger charge is 2.31. The fraction of sp³-hybridized carbons (Fsp3) is 0.200. The summed E-state index contributed by atoms with van der Waals surface area (Å²) in [5.41, 5.74) is 4.79. The molecule has 0 unspecified atom stereocenters. The van der Waals surface area contributed by atoms with Gasteiger partial charge in [0.1, 0.15) is 0 Å². The average molecular weight is 335 g/mol. The summed E-state index contributed by atoms with van der Waals surface area (Å²) in [6.07, 6.45) is 0. The van der Waals surface area contributed by atoms with E-state index in [1.807, 2.05) is 62.4 Å². The first-order valence-corrected chi connectivity index (χ1v) is 8.17. The van der Waals surface area contributed by atoms with Gasteiger partial charge in [0.25, 0.3) is 5.91 Å². The summed E-state index contributed by atoms with van der Waals surface area (Å²) >= 11 is 0. The Bertz CT molecular complexity index is 853. The van der Waals surface area contributed by atoms with Crippen molar-refractivity contribution in [2.75, 3.05) is 5.32 Å². The predicted octanol–water partition coefficient (Wildman–Crippen LogP) is 3.57. The van der Waals surface area contributed by atoms with Crippen molar-refractivity contribution in [2.45, 2.75) is 26.8 Å². The van der Waals surface area contributed by atoms with E-state index >= 15 is 0 Å². The molecule has 2 aromatic carbocycles. The van der Waals surface area contributed by atoms with Crippen molar-refractivity contribution in [1.29, 1.82) is 0 Å². The van der Waals surface area contributed by atoms with E-state index in [0.717, 1.165) is 22.4 Å². The molecule has 0 radical (unpaired) electrons. The molecule has 1 atom stereocenters. The Balaban J connectivity index is 1.96. The first-order chi connectivity index (χ1) is 12.0. The fourth-order valence-electron chi connectivity index (χ4n) is 2.91. The Hall–Kier alpha value is -3.08. The normalized spacial score (nSPS) is 16.9. The Morgan fingerprint density at radius 2 is 1.68 bits per heavy atom. The van der Waals surface area contributed by atoms with E-state index in [9.17, 15) is 9.59 Å². The SMILES string of the molecule is CC1=C(C(=O)Nc2ccccc2C)[C@H](c2ccc(C)cc2)NC(=O)N1. The Morgan fingerprint density at radius 3 is 2.36 bits per heavy atom. The molecule has 5 heteroatoms. The Morgan fingerprint density at radius 1 is 1.00 bits per heavy atom. The summed E-state index contributed by atoms with van der Waals surface area (Å²) in [6, 6.07) is 14.6. The van der Waals surface area contributed by atoms with Crippen LogP contribution in [0.4, 0.5) is 10.5 Å². The van der Waals surface area contributed by atoms with Crippen LogP contribution in [-0.4, -0.2) is 11.9 Å². The number of carbonyl (C=O) groups is 2. The number of hydrogen-bond acceptors (Lipinski definition) is 2. The molecule has 128 valence electrons. The maximum absolute atomic E-state index is 12.9. The Labute approximate surface area is 147 Å². The fourth-order valence-corrected chi connectivity index (χ4v) is 2.91. The number of carbonyl (C=O) groups excluding carboxylic acids is 2. The van der Waals surface area contributed by atoms with Crippen LogP contribution in [0.15, 0.2) is 59.8 Å². The van der Waals surface area contributed by atoms with Crippen molar-refractivity contribution >= 4 is 17.6 Å². The van der Waals surface area contributed by atoms with E-state index < -0.39 is 6.04 Å². The van der Waals surface area contributed by atoms with E-state index in [-0.39, 0.29) is 11.9 Å². The van der Waals surface area contributed by atoms with Crippen LogP contribution in [-0.2, 0) is 4.79 Å². The van der Waals surface area contributed by atoms with Gasteiger partial charge < -0.3 is 16.0 Å². The number of para-hydroxylation sites is 1. The molecule has 0 aromatic heterocycles. The van der Waals surface area contributed by atoms with Gasteiger partial charge in [0.15, 0.2) is 0 Å². The number of aryl methyl sites for hydroxylation is 2. The third-order valence-corrected chi connectivity index (χ3v) is 4.32. The quantitative estimate of drug-likeness (QED) is 0.802. The van der Waals surface area contributed by atoms with Gasteiger partial charge in [-0.3, -0.25) is 4.79 Å². The molecule has 0 spiro atoms. The van der Waals surface area contributed by atoms with Crippen molar-refractivity contribution in [3.05, 3.63) is 76.5 Å². The first kappa shape index (κ1) is 16.8. The van der Waals surface area contributed by atoms with Gasteiger partial charge in [0.05, 0.1) is 11.6 Å². The summed E-state index contributed by atoms with van der Waals surface area (Å²) in [5, 5.41) is 8.48. The number of urea groups is 1. The molecular weight excluding hydrogens is 314 g/mol. The summed E-state index contributed by atoms with van der Waals surface area (Å²) in [5.74, 6) is -0.232. The van der Waals surface area contributed by atoms with Gasteiger partial charge in [-0.2, -0.15) is 0 Å². The third kappa shape index (κ3) is 3.55. The summed E-state index contributed by atoms with van der Waals surface area (Å²) in [7, 11) is 0. The lowest BCUT2D eigenvalue weighted by molar-refractivity contribution is -0.113. The molecule has 1 heterocycles. The zero-order chi connectivity index (χ0) is 18.0. The second kappa shape index (κ2) is 6.81. The second-order valence-corrected chi connectivity index (χ2v) is 6.25. The monoisotopic (exact) mass is 335 g/mol. The molecule has 1 aliphatic rings. The van der Waals surface area contributed by atoms with Crippen LogP contribution in [0, 0.1) is 13.8 Å². The number of amides is 3. The zero-order valence-electron chi connectivity index (χ0n) is 14.5. The largest absolute Gasteiger partial charge is 0.327 e. The van der Waals surface area contributed by atoms with Gasteiger partial charge in [-0.1, -0.05) is 48.0 Å². The van der Waals surface area contributed by atoms with E-state index in [4.69, 9.17) is 0 Å². The van der Waals surface area contributed by atoms with Crippen LogP contribution in [0.1, 0.15) is 29.7 Å². The van der Waals surface area contributed by atoms with Crippen LogP contribution >= 0.6 is 0 Å². The highest BCUT2D eigenvalue weighted by Crippen LogP contribution is 2.28. The lowest BCUT2D eigenvalue weighted by Crippen LogP contribution is -2.46. The van der Waals surface area contributed by atoms with Crippen LogP contribution in [0.2, 0.25) is 0 Å². The first-order valence-electron chi connectivity index (χ1n) is 8.17. The van der Waals surface area contributed by atoms with Crippen molar-refractivity contribution in [3.8, 4) is 0 Å². The van der Waals surface area contributed by atoms with Gasteiger partial charge in [0, 0.05) is 11.4 Å². The van der Waals surface area contributed by atoms with Crippen molar-refractivity contribution in [2.24, 2.45) is 0 Å². The molecule has 3 N–H and O–H groups in total. The molecule has 0 saturated heterocycles. The zero-order valence-corrected chi connectivity index (χ0v) is 14.5. The lowest BCUT2D eigenvalue weighted by atomic mass is 9.94. The van der Waals surface area contributed by atoms with Gasteiger partial charge in [-0.25, -0.2) is 4.79 Å². The lowest BCUT2D eigenvalue weighted by Gasteiger charge is -2.29. The van der Waals surface area contributed by atoms with E-state index in [1.54, 1.807) is 6.92 Å². The van der Waals surface area contributed by atoms with E-state index in [0.29, 0.717) is 11.3 Å². The number of allylic oxidation sites excluding steroid dienone is 1. The van der Waals surface area contributed by atoms with Crippen LogP contribution in [0.5, 0.6) is 0 Å². The minimum Gasteiger partial charge on any atom is -0.327 e. The molecule has 0 bridgehead atoms. The molecule has 5 nitrogen and oxygen atoms in total. The number of anilines is 1. The molecule has 0 aliphatic carbocycles. The highest BCUT2D eigenvalue weighted by molar-refractivity contribution is 6.07. The summed E-state index contributed by atoms with van der Waals surface area (Å²) in [6.45, 7) is 5.68. The van der Waals surface area contributed by atoms with Crippen LogP contribution in [0.25, 0.3) is 0 Å². The van der Waals surface area contributed by atoms with E-state index in [2.05, 4.69) is 16.0 Å². The molecule has 25 heavy (non-hydrogen) atoms. The minimum atomic E-state index is -0.488. The van der Waals surface area contributed by atoms with E-state index in [1.165, 1.54) is 0 Å². The number of rotatable bonds is 3. The van der Waals surface area contributed by atoms with Gasteiger partial charge >= 0.3 is 6.03 Å². The van der Waals surface area contributed by atoms with Crippen molar-refractivity contribution in [3.63, 3.8) is 0 Å². The smallest absolute Gasteiger partial charge is 0.319 e. The molecule has 0 fully saturated rings. The standard InChI is InChI=1S/C20H21N3O2/c1-12-8-10-15(11-9-12)18-17(14(3)21-20(25)23-18)19(24)22-16-7-5-4-6-13(16)2/h4-11,18H,1-3H3,(H,22,24)(H2,21,23,25)/t18-/m0/s1. The number of hydrogen-bond donors (Lipinski definition) is 3. The molecule has 2 aromatic rings. The van der Waals surface area contributed by atoms with Gasteiger partial charge in [0.2, 0.25) is 0 Å². The number of benzene rings is 2. The summed E-state index contributed by atoms with van der Waals surface area (Å²) in [4.78, 5) is 24.8. The highest BCUT2D eigenvalue weighted by atomic mass is 16.2. The van der Waals surface area contributed by atoms with Gasteiger partial charge in [-0.15, -0.1) is 0 Å². The average Bonchev–Trinajstić information content (AvgIpc) is 2.57. The Kier molecular flexibility index (Phi) is 4.57. The maximum atomic E-state index is 12.9. The van der Waals surface area contributed by atoms with Crippen LogP contribution in [0.3, 0.4) is 0 Å². The molecule has 1 aliphatic heterocycles. The maximum Gasteiger partial charge on any atom is 0.319 e. The number of nitrogens with one attached hydrogen (secondary N) is 3. The molecule has 0 saturated carbocycles. The second-order valence-electron chi connectivity index (χ2n) is 6.25. The predicted molar refractivity (Wildman–Crippen MR) is 98.1 cm³/mol.